The van der Waals surface area contributed by atoms with E-state index in [0.29, 0.717) is 6.10 Å². The number of pyridine rings is 1. The number of anilines is 2. The molecule has 0 aliphatic carbocycles. The maximum absolute atomic E-state index is 5.57. The maximum atomic E-state index is 5.57. The molecule has 0 bridgehead atoms. The van der Waals surface area contributed by atoms with Crippen LogP contribution < -0.4 is 10.6 Å². The van der Waals surface area contributed by atoms with E-state index >= 15 is 0 Å². The van der Waals surface area contributed by atoms with Crippen molar-refractivity contribution in [2.45, 2.75) is 25.4 Å². The van der Waals surface area contributed by atoms with Crippen LogP contribution in [0.1, 0.15) is 19.3 Å². The minimum atomic E-state index is 0.457. The van der Waals surface area contributed by atoms with Gasteiger partial charge in [-0.15, -0.1) is 0 Å². The summed E-state index contributed by atoms with van der Waals surface area (Å²) in [6.45, 7) is 1.89. The minimum absolute atomic E-state index is 0.457. The molecule has 1 unspecified atom stereocenters. The van der Waals surface area contributed by atoms with Crippen LogP contribution in [0.5, 0.6) is 0 Å². The van der Waals surface area contributed by atoms with Crippen molar-refractivity contribution in [1.29, 1.82) is 0 Å². The second kappa shape index (κ2) is 5.70. The predicted molar refractivity (Wildman–Crippen MR) is 65.9 cm³/mol. The third-order valence-electron chi connectivity index (χ3n) is 2.84. The van der Waals surface area contributed by atoms with E-state index in [-0.39, 0.29) is 0 Å². The molecule has 1 atom stereocenters. The molecule has 2 N–H and O–H groups in total. The highest BCUT2D eigenvalue weighted by Gasteiger charge is 2.14. The second-order valence-corrected chi connectivity index (χ2v) is 4.03. The van der Waals surface area contributed by atoms with Crippen LogP contribution >= 0.6 is 0 Å². The first-order valence-corrected chi connectivity index (χ1v) is 5.88. The van der Waals surface area contributed by atoms with Crippen LogP contribution in [0.25, 0.3) is 0 Å². The van der Waals surface area contributed by atoms with Gasteiger partial charge in [0.05, 0.1) is 6.10 Å². The van der Waals surface area contributed by atoms with E-state index in [1.165, 1.54) is 12.8 Å². The SMILES string of the molecule is CNc1cc(NCCC2CCCO2)ccn1. The molecule has 4 heteroatoms. The van der Waals surface area contributed by atoms with Crippen LogP contribution in [0.15, 0.2) is 18.3 Å². The lowest BCUT2D eigenvalue weighted by atomic mass is 10.2. The van der Waals surface area contributed by atoms with Crippen molar-refractivity contribution < 1.29 is 4.74 Å². The Kier molecular flexibility index (Phi) is 3.99. The zero-order valence-corrected chi connectivity index (χ0v) is 9.70. The first-order chi connectivity index (χ1) is 7.88. The van der Waals surface area contributed by atoms with E-state index in [9.17, 15) is 0 Å². The van der Waals surface area contributed by atoms with Crippen LogP contribution in [0.3, 0.4) is 0 Å². The van der Waals surface area contributed by atoms with Gasteiger partial charge in [-0.25, -0.2) is 4.98 Å². The molecule has 2 rings (SSSR count). The number of ether oxygens (including phenoxy) is 1. The van der Waals surface area contributed by atoms with E-state index < -0.39 is 0 Å². The van der Waals surface area contributed by atoms with Crippen LogP contribution in [-0.4, -0.2) is 31.3 Å². The van der Waals surface area contributed by atoms with Gasteiger partial charge in [0.15, 0.2) is 0 Å². The molecule has 88 valence electrons. The summed E-state index contributed by atoms with van der Waals surface area (Å²) in [7, 11) is 1.87. The molecule has 16 heavy (non-hydrogen) atoms. The zero-order valence-electron chi connectivity index (χ0n) is 9.70. The Labute approximate surface area is 96.4 Å². The lowest BCUT2D eigenvalue weighted by molar-refractivity contribution is 0.107. The van der Waals surface area contributed by atoms with Crippen LogP contribution in [0.2, 0.25) is 0 Å². The molecule has 1 aliphatic heterocycles. The van der Waals surface area contributed by atoms with Crippen molar-refractivity contribution in [3.8, 4) is 0 Å². The maximum Gasteiger partial charge on any atom is 0.127 e. The molecule has 0 amide bonds. The normalized spacial score (nSPS) is 19.7. The molecular formula is C12H19N3O. The summed E-state index contributed by atoms with van der Waals surface area (Å²) >= 11 is 0. The lowest BCUT2D eigenvalue weighted by Gasteiger charge is -2.11. The zero-order chi connectivity index (χ0) is 11.2. The molecule has 0 radical (unpaired) electrons. The van der Waals surface area contributed by atoms with Crippen LogP contribution in [-0.2, 0) is 4.74 Å². The fraction of sp³-hybridized carbons (Fsp3) is 0.583. The summed E-state index contributed by atoms with van der Waals surface area (Å²) < 4.78 is 5.57. The Morgan fingerprint density at radius 1 is 1.56 bits per heavy atom. The summed E-state index contributed by atoms with van der Waals surface area (Å²) in [5.74, 6) is 0.891. The third kappa shape index (κ3) is 3.10. The fourth-order valence-corrected chi connectivity index (χ4v) is 1.93. The average Bonchev–Trinajstić information content (AvgIpc) is 2.82. The summed E-state index contributed by atoms with van der Waals surface area (Å²) in [5.41, 5.74) is 1.11. The number of hydrogen-bond acceptors (Lipinski definition) is 4. The molecule has 1 saturated heterocycles. The molecule has 0 saturated carbocycles. The van der Waals surface area contributed by atoms with Crippen LogP contribution in [0.4, 0.5) is 11.5 Å². The van der Waals surface area contributed by atoms with Crippen molar-refractivity contribution in [1.82, 2.24) is 4.98 Å². The minimum Gasteiger partial charge on any atom is -0.385 e. The molecule has 1 aromatic heterocycles. The van der Waals surface area contributed by atoms with Gasteiger partial charge in [-0.2, -0.15) is 0 Å². The van der Waals surface area contributed by atoms with Gasteiger partial charge >= 0.3 is 0 Å². The lowest BCUT2D eigenvalue weighted by Crippen LogP contribution is -2.12. The smallest absolute Gasteiger partial charge is 0.127 e. The Hall–Kier alpha value is -1.29. The Morgan fingerprint density at radius 2 is 2.50 bits per heavy atom. The van der Waals surface area contributed by atoms with Crippen molar-refractivity contribution >= 4 is 11.5 Å². The number of hydrogen-bond donors (Lipinski definition) is 2. The molecule has 0 aromatic carbocycles. The summed E-state index contributed by atoms with van der Waals surface area (Å²) in [5, 5.41) is 6.41. The van der Waals surface area contributed by atoms with Crippen LogP contribution in [0, 0.1) is 0 Å². The van der Waals surface area contributed by atoms with Gasteiger partial charge in [-0.05, 0) is 25.3 Å². The summed E-state index contributed by atoms with van der Waals surface area (Å²) in [4.78, 5) is 4.17. The molecule has 2 heterocycles. The van der Waals surface area contributed by atoms with Gasteiger partial charge in [-0.1, -0.05) is 0 Å². The summed E-state index contributed by atoms with van der Waals surface area (Å²) in [6, 6.07) is 3.99. The molecule has 4 nitrogen and oxygen atoms in total. The Balaban J connectivity index is 1.75. The predicted octanol–water partition coefficient (Wildman–Crippen LogP) is 2.10. The first kappa shape index (κ1) is 11.2. The van der Waals surface area contributed by atoms with Gasteiger partial charge in [-0.3, -0.25) is 0 Å². The standard InChI is InChI=1S/C12H19N3O/c1-13-12-9-10(4-6-15-12)14-7-5-11-3-2-8-16-11/h4,6,9,11H,2-3,5,7-8H2,1H3,(H2,13,14,15). The van der Waals surface area contributed by atoms with E-state index in [4.69, 9.17) is 4.74 Å². The monoisotopic (exact) mass is 221 g/mol. The van der Waals surface area contributed by atoms with Gasteiger partial charge in [0, 0.05) is 38.1 Å². The van der Waals surface area contributed by atoms with Gasteiger partial charge in [0.1, 0.15) is 5.82 Å². The number of rotatable bonds is 5. The topological polar surface area (TPSA) is 46.2 Å². The van der Waals surface area contributed by atoms with E-state index in [2.05, 4.69) is 15.6 Å². The Morgan fingerprint density at radius 3 is 3.25 bits per heavy atom. The van der Waals surface area contributed by atoms with Gasteiger partial charge in [0.2, 0.25) is 0 Å². The van der Waals surface area contributed by atoms with Crippen molar-refractivity contribution in [3.63, 3.8) is 0 Å². The second-order valence-electron chi connectivity index (χ2n) is 4.03. The third-order valence-corrected chi connectivity index (χ3v) is 2.84. The van der Waals surface area contributed by atoms with E-state index in [0.717, 1.165) is 31.1 Å². The first-order valence-electron chi connectivity index (χ1n) is 5.88. The molecule has 0 spiro atoms. The highest BCUT2D eigenvalue weighted by Crippen LogP contribution is 2.16. The van der Waals surface area contributed by atoms with Crippen molar-refractivity contribution in [2.24, 2.45) is 0 Å². The van der Waals surface area contributed by atoms with Crippen molar-refractivity contribution in [2.75, 3.05) is 30.8 Å². The largest absolute Gasteiger partial charge is 0.385 e. The molecular weight excluding hydrogens is 202 g/mol. The van der Waals surface area contributed by atoms with Gasteiger partial charge in [0.25, 0.3) is 0 Å². The number of aromatic nitrogens is 1. The molecule has 1 aliphatic rings. The quantitative estimate of drug-likeness (QED) is 0.799. The number of nitrogens with zero attached hydrogens (tertiary/aromatic N) is 1. The highest BCUT2D eigenvalue weighted by atomic mass is 16.5. The Bertz CT molecular complexity index is 324. The average molecular weight is 221 g/mol. The van der Waals surface area contributed by atoms with Gasteiger partial charge < -0.3 is 15.4 Å². The number of nitrogens with one attached hydrogen (secondary N) is 2. The molecule has 1 fully saturated rings. The van der Waals surface area contributed by atoms with E-state index in [1.54, 1.807) is 6.20 Å². The molecule has 1 aromatic rings. The summed E-state index contributed by atoms with van der Waals surface area (Å²) in [6.07, 6.45) is 5.76. The highest BCUT2D eigenvalue weighted by molar-refractivity contribution is 5.51. The van der Waals surface area contributed by atoms with E-state index in [1.807, 2.05) is 19.2 Å². The fourth-order valence-electron chi connectivity index (χ4n) is 1.93. The van der Waals surface area contributed by atoms with Crippen molar-refractivity contribution in [3.05, 3.63) is 18.3 Å².